The molecule has 26 heavy (non-hydrogen) atoms. The molecule has 0 aliphatic rings. The Kier molecular flexibility index (Phi) is 5.44. The van der Waals surface area contributed by atoms with Crippen molar-refractivity contribution in [3.05, 3.63) is 70.5 Å². The molecule has 6 heteroatoms. The van der Waals surface area contributed by atoms with E-state index in [9.17, 15) is 22.4 Å². The minimum Gasteiger partial charge on any atom is -0.369 e. The zero-order chi connectivity index (χ0) is 19.7. The number of carbonyl (C=O) groups excluding carboxylic acids is 1. The van der Waals surface area contributed by atoms with E-state index in [1.54, 1.807) is 12.1 Å². The van der Waals surface area contributed by atoms with Gasteiger partial charge in [0.25, 0.3) is 0 Å². The lowest BCUT2D eigenvalue weighted by Crippen LogP contribution is -2.25. The number of alkyl halides is 3. The molecule has 2 aromatic rings. The van der Waals surface area contributed by atoms with Gasteiger partial charge < -0.3 is 5.73 Å². The third kappa shape index (κ3) is 4.62. The molecule has 0 heterocycles. The monoisotopic (exact) mass is 367 g/mol. The molecular weight excluding hydrogens is 346 g/mol. The Labute approximate surface area is 150 Å². The van der Waals surface area contributed by atoms with E-state index in [0.29, 0.717) is 17.7 Å². The van der Waals surface area contributed by atoms with Gasteiger partial charge in [0.1, 0.15) is 5.82 Å². The summed E-state index contributed by atoms with van der Waals surface area (Å²) in [4.78, 5) is 11.8. The molecule has 140 valence electrons. The molecule has 1 unspecified atom stereocenters. The molecule has 1 amide bonds. The molecule has 2 aromatic carbocycles. The largest absolute Gasteiger partial charge is 0.416 e. The molecule has 2 N–H and O–H groups in total. The first-order valence-electron chi connectivity index (χ1n) is 8.15. The van der Waals surface area contributed by atoms with E-state index in [0.717, 1.165) is 11.6 Å². The predicted octanol–water partition coefficient (Wildman–Crippen LogP) is 4.95. The van der Waals surface area contributed by atoms with Crippen LogP contribution in [0.15, 0.2) is 42.5 Å². The quantitative estimate of drug-likeness (QED) is 0.763. The highest BCUT2D eigenvalue weighted by molar-refractivity contribution is 5.82. The lowest BCUT2D eigenvalue weighted by atomic mass is 9.85. The van der Waals surface area contributed by atoms with Crippen LogP contribution in [0.25, 0.3) is 0 Å². The molecule has 0 saturated carbocycles. The summed E-state index contributed by atoms with van der Waals surface area (Å²) in [6.45, 7) is 6.14. The Hall–Kier alpha value is -2.37. The maximum Gasteiger partial charge on any atom is 0.416 e. The van der Waals surface area contributed by atoms with Gasteiger partial charge in [0, 0.05) is 5.56 Å². The van der Waals surface area contributed by atoms with Crippen molar-refractivity contribution < 1.29 is 22.4 Å². The number of hydrogen-bond acceptors (Lipinski definition) is 1. The molecule has 0 spiro atoms. The van der Waals surface area contributed by atoms with Crippen LogP contribution in [0.2, 0.25) is 0 Å². The van der Waals surface area contributed by atoms with Crippen molar-refractivity contribution in [1.82, 2.24) is 0 Å². The van der Waals surface area contributed by atoms with Crippen LogP contribution in [0.1, 0.15) is 48.9 Å². The lowest BCUT2D eigenvalue weighted by Gasteiger charge is -2.20. The van der Waals surface area contributed by atoms with E-state index >= 15 is 0 Å². The second-order valence-corrected chi connectivity index (χ2v) is 7.34. The van der Waals surface area contributed by atoms with Crippen molar-refractivity contribution in [3.63, 3.8) is 0 Å². The molecule has 2 rings (SSSR count). The number of carbonyl (C=O) groups is 1. The summed E-state index contributed by atoms with van der Waals surface area (Å²) >= 11 is 0. The van der Waals surface area contributed by atoms with Crippen LogP contribution in [-0.2, 0) is 22.8 Å². The molecule has 0 radical (unpaired) electrons. The predicted molar refractivity (Wildman–Crippen MR) is 92.2 cm³/mol. The number of benzene rings is 2. The molecule has 0 fully saturated rings. The van der Waals surface area contributed by atoms with Crippen LogP contribution in [0.5, 0.6) is 0 Å². The van der Waals surface area contributed by atoms with Crippen molar-refractivity contribution in [3.8, 4) is 0 Å². The Morgan fingerprint density at radius 1 is 1.00 bits per heavy atom. The summed E-state index contributed by atoms with van der Waals surface area (Å²) in [5.74, 6) is -2.94. The molecule has 1 atom stereocenters. The zero-order valence-electron chi connectivity index (χ0n) is 14.8. The maximum atomic E-state index is 14.1. The summed E-state index contributed by atoms with van der Waals surface area (Å²) < 4.78 is 52.8. The highest BCUT2D eigenvalue weighted by Gasteiger charge is 2.33. The first-order chi connectivity index (χ1) is 11.9. The Bertz CT molecular complexity index is 789. The number of amides is 1. The van der Waals surface area contributed by atoms with E-state index in [1.165, 1.54) is 0 Å². The van der Waals surface area contributed by atoms with Crippen molar-refractivity contribution in [2.75, 3.05) is 0 Å². The fourth-order valence-electron chi connectivity index (χ4n) is 2.73. The Balaban J connectivity index is 2.37. The SMILES string of the molecule is CC(C)(C)c1ccc(CC(C(N)=O)c2cc(C(F)(F)F)ccc2F)cc1. The molecule has 0 aliphatic heterocycles. The van der Waals surface area contributed by atoms with E-state index in [4.69, 9.17) is 5.73 Å². The Morgan fingerprint density at radius 2 is 1.54 bits per heavy atom. The van der Waals surface area contributed by atoms with Gasteiger partial charge >= 0.3 is 6.18 Å². The molecule has 2 nitrogen and oxygen atoms in total. The van der Waals surface area contributed by atoms with E-state index in [1.807, 2.05) is 32.9 Å². The van der Waals surface area contributed by atoms with Gasteiger partial charge in [-0.2, -0.15) is 13.2 Å². The second kappa shape index (κ2) is 7.09. The van der Waals surface area contributed by atoms with Gasteiger partial charge in [-0.3, -0.25) is 4.79 Å². The first kappa shape index (κ1) is 19.9. The summed E-state index contributed by atoms with van der Waals surface area (Å²) in [5.41, 5.74) is 5.71. The van der Waals surface area contributed by atoms with Crippen molar-refractivity contribution in [2.24, 2.45) is 5.73 Å². The summed E-state index contributed by atoms with van der Waals surface area (Å²) in [6, 6.07) is 9.36. The third-order valence-corrected chi connectivity index (χ3v) is 4.30. The van der Waals surface area contributed by atoms with Gasteiger partial charge in [-0.25, -0.2) is 4.39 Å². The minimum atomic E-state index is -4.63. The zero-order valence-corrected chi connectivity index (χ0v) is 14.8. The van der Waals surface area contributed by atoms with E-state index < -0.39 is 29.4 Å². The molecule has 0 bridgehead atoms. The van der Waals surface area contributed by atoms with Gasteiger partial charge in [-0.05, 0) is 41.2 Å². The maximum absolute atomic E-state index is 14.1. The highest BCUT2D eigenvalue weighted by Crippen LogP contribution is 2.33. The lowest BCUT2D eigenvalue weighted by molar-refractivity contribution is -0.137. The standard InChI is InChI=1S/C20H21F4NO/c1-19(2,3)13-6-4-12(5-7-13)10-16(18(25)26)15-11-14(20(22,23)24)8-9-17(15)21/h4-9,11,16H,10H2,1-3H3,(H2,25,26). The first-order valence-corrected chi connectivity index (χ1v) is 8.15. The molecule has 0 saturated heterocycles. The second-order valence-electron chi connectivity index (χ2n) is 7.34. The molecular formula is C20H21F4NO. The van der Waals surface area contributed by atoms with Gasteiger partial charge in [-0.1, -0.05) is 45.0 Å². The van der Waals surface area contributed by atoms with Gasteiger partial charge in [-0.15, -0.1) is 0 Å². The van der Waals surface area contributed by atoms with Crippen LogP contribution >= 0.6 is 0 Å². The third-order valence-electron chi connectivity index (χ3n) is 4.30. The summed E-state index contributed by atoms with van der Waals surface area (Å²) in [5, 5.41) is 0. The van der Waals surface area contributed by atoms with Crippen LogP contribution < -0.4 is 5.73 Å². The number of nitrogens with two attached hydrogens (primary N) is 1. The number of halogens is 4. The summed E-state index contributed by atoms with van der Waals surface area (Å²) in [6.07, 6.45) is -4.60. The fourth-order valence-corrected chi connectivity index (χ4v) is 2.73. The van der Waals surface area contributed by atoms with Crippen LogP contribution in [0, 0.1) is 5.82 Å². The van der Waals surface area contributed by atoms with Gasteiger partial charge in [0.15, 0.2) is 0 Å². The average Bonchev–Trinajstić information content (AvgIpc) is 2.51. The van der Waals surface area contributed by atoms with Crippen LogP contribution in [0.4, 0.5) is 17.6 Å². The minimum absolute atomic E-state index is 0.0258. The fraction of sp³-hybridized carbons (Fsp3) is 0.350. The van der Waals surface area contributed by atoms with Crippen LogP contribution in [0.3, 0.4) is 0 Å². The van der Waals surface area contributed by atoms with Gasteiger partial charge in [0.05, 0.1) is 11.5 Å². The highest BCUT2D eigenvalue weighted by atomic mass is 19.4. The van der Waals surface area contributed by atoms with Crippen LogP contribution in [-0.4, -0.2) is 5.91 Å². The topological polar surface area (TPSA) is 43.1 Å². The Morgan fingerprint density at radius 3 is 2.00 bits per heavy atom. The summed E-state index contributed by atoms with van der Waals surface area (Å²) in [7, 11) is 0. The van der Waals surface area contributed by atoms with E-state index in [-0.39, 0.29) is 17.4 Å². The smallest absolute Gasteiger partial charge is 0.369 e. The van der Waals surface area contributed by atoms with E-state index in [2.05, 4.69) is 0 Å². The number of rotatable bonds is 4. The van der Waals surface area contributed by atoms with Gasteiger partial charge in [0.2, 0.25) is 5.91 Å². The number of primary amides is 1. The normalized spacial score (nSPS) is 13.5. The van der Waals surface area contributed by atoms with Crippen molar-refractivity contribution in [2.45, 2.75) is 44.7 Å². The molecule has 0 aromatic heterocycles. The molecule has 0 aliphatic carbocycles. The number of hydrogen-bond donors (Lipinski definition) is 1. The van der Waals surface area contributed by atoms with Crippen molar-refractivity contribution in [1.29, 1.82) is 0 Å². The average molecular weight is 367 g/mol. The van der Waals surface area contributed by atoms with Crippen molar-refractivity contribution >= 4 is 5.91 Å².